The summed E-state index contributed by atoms with van der Waals surface area (Å²) in [5, 5.41) is 3.53. The van der Waals surface area contributed by atoms with Crippen molar-refractivity contribution < 1.29 is 14.0 Å². The number of hydrogen-bond acceptors (Lipinski definition) is 4. The number of halogens is 1. The van der Waals surface area contributed by atoms with Gasteiger partial charge in [-0.3, -0.25) is 14.5 Å². The first-order valence-electron chi connectivity index (χ1n) is 8.19. The number of amides is 2. The molecule has 3 N–H and O–H groups in total. The number of nitrogens with zero attached hydrogens (tertiary/aromatic N) is 1. The van der Waals surface area contributed by atoms with E-state index in [9.17, 15) is 9.59 Å². The van der Waals surface area contributed by atoms with Crippen LogP contribution in [0.25, 0.3) is 11.3 Å². The number of carbonyl (C=O) groups is 2. The van der Waals surface area contributed by atoms with E-state index in [0.717, 1.165) is 24.9 Å². The smallest absolute Gasteiger partial charge is 0.287 e. The Bertz CT molecular complexity index is 774. The lowest BCUT2D eigenvalue weighted by molar-refractivity contribution is -0.119. The van der Waals surface area contributed by atoms with Crippen molar-refractivity contribution in [1.82, 2.24) is 10.2 Å². The topological polar surface area (TPSA) is 88.6 Å². The lowest BCUT2D eigenvalue weighted by Crippen LogP contribution is -2.49. The van der Waals surface area contributed by atoms with E-state index in [1.807, 2.05) is 23.1 Å². The van der Waals surface area contributed by atoms with E-state index in [-0.39, 0.29) is 30.2 Å². The van der Waals surface area contributed by atoms with Crippen LogP contribution in [-0.4, -0.2) is 42.4 Å². The van der Waals surface area contributed by atoms with Gasteiger partial charge in [0.1, 0.15) is 5.76 Å². The van der Waals surface area contributed by atoms with Crippen LogP contribution in [0, 0.1) is 0 Å². The molecule has 2 amide bonds. The molecule has 1 saturated heterocycles. The maximum absolute atomic E-state index is 12.4. The predicted molar refractivity (Wildman–Crippen MR) is 95.3 cm³/mol. The van der Waals surface area contributed by atoms with Crippen LogP contribution in [0.4, 0.5) is 0 Å². The predicted octanol–water partition coefficient (Wildman–Crippen LogP) is 2.28. The van der Waals surface area contributed by atoms with Gasteiger partial charge in [-0.15, -0.1) is 0 Å². The number of carbonyl (C=O) groups excluding carboxylic acids is 2. The highest BCUT2D eigenvalue weighted by Crippen LogP contribution is 2.29. The van der Waals surface area contributed by atoms with Crippen LogP contribution in [-0.2, 0) is 4.79 Å². The second-order valence-electron chi connectivity index (χ2n) is 6.16. The van der Waals surface area contributed by atoms with Crippen molar-refractivity contribution in [2.45, 2.75) is 18.9 Å². The summed E-state index contributed by atoms with van der Waals surface area (Å²) in [5.41, 5.74) is 5.98. The van der Waals surface area contributed by atoms with E-state index >= 15 is 0 Å². The van der Waals surface area contributed by atoms with E-state index in [4.69, 9.17) is 21.8 Å². The second kappa shape index (κ2) is 7.72. The van der Waals surface area contributed by atoms with Gasteiger partial charge in [0, 0.05) is 18.2 Å². The molecule has 6 nitrogen and oxygen atoms in total. The molecule has 3 rings (SSSR count). The Hall–Kier alpha value is -2.31. The fourth-order valence-electron chi connectivity index (χ4n) is 3.06. The van der Waals surface area contributed by atoms with Crippen LogP contribution in [0.3, 0.4) is 0 Å². The average Bonchev–Trinajstić information content (AvgIpc) is 3.05. The van der Waals surface area contributed by atoms with Gasteiger partial charge >= 0.3 is 0 Å². The molecule has 132 valence electrons. The van der Waals surface area contributed by atoms with Crippen molar-refractivity contribution >= 4 is 23.4 Å². The monoisotopic (exact) mass is 361 g/mol. The summed E-state index contributed by atoms with van der Waals surface area (Å²) < 4.78 is 5.66. The first kappa shape index (κ1) is 17.5. The quantitative estimate of drug-likeness (QED) is 0.855. The average molecular weight is 362 g/mol. The van der Waals surface area contributed by atoms with Gasteiger partial charge in [-0.1, -0.05) is 23.7 Å². The number of furan rings is 1. The summed E-state index contributed by atoms with van der Waals surface area (Å²) >= 11 is 6.16. The maximum atomic E-state index is 12.4. The first-order chi connectivity index (χ1) is 12.0. The zero-order valence-corrected chi connectivity index (χ0v) is 14.5. The minimum Gasteiger partial charge on any atom is -0.451 e. The Morgan fingerprint density at radius 2 is 2.08 bits per heavy atom. The molecule has 0 bridgehead atoms. The van der Waals surface area contributed by atoms with Crippen LogP contribution in [0.5, 0.6) is 0 Å². The molecule has 1 aromatic heterocycles. The molecule has 0 aliphatic carbocycles. The number of rotatable bonds is 5. The Balaban J connectivity index is 1.64. The largest absolute Gasteiger partial charge is 0.451 e. The van der Waals surface area contributed by atoms with Gasteiger partial charge in [0.05, 0.1) is 11.6 Å². The Morgan fingerprint density at radius 3 is 2.84 bits per heavy atom. The maximum Gasteiger partial charge on any atom is 0.287 e. The van der Waals surface area contributed by atoms with E-state index in [0.29, 0.717) is 17.3 Å². The third-order valence-corrected chi connectivity index (χ3v) is 4.52. The molecule has 1 aliphatic heterocycles. The molecule has 0 radical (unpaired) electrons. The summed E-state index contributed by atoms with van der Waals surface area (Å²) in [4.78, 5) is 25.4. The zero-order valence-electron chi connectivity index (χ0n) is 13.7. The highest BCUT2D eigenvalue weighted by Gasteiger charge is 2.24. The van der Waals surface area contributed by atoms with Crippen molar-refractivity contribution in [2.75, 3.05) is 19.6 Å². The number of benzene rings is 1. The van der Waals surface area contributed by atoms with Gasteiger partial charge in [-0.2, -0.15) is 0 Å². The number of nitrogens with one attached hydrogen (secondary N) is 1. The van der Waals surface area contributed by atoms with Gasteiger partial charge in [0.15, 0.2) is 5.76 Å². The lowest BCUT2D eigenvalue weighted by Gasteiger charge is -2.32. The van der Waals surface area contributed by atoms with Crippen molar-refractivity contribution in [3.05, 3.63) is 47.2 Å². The molecular formula is C18H20ClN3O3. The van der Waals surface area contributed by atoms with Gasteiger partial charge < -0.3 is 15.5 Å². The molecule has 0 unspecified atom stereocenters. The summed E-state index contributed by atoms with van der Waals surface area (Å²) in [6, 6.07) is 10.6. The fourth-order valence-corrected chi connectivity index (χ4v) is 3.29. The van der Waals surface area contributed by atoms with Crippen molar-refractivity contribution in [3.8, 4) is 11.3 Å². The molecule has 25 heavy (non-hydrogen) atoms. The van der Waals surface area contributed by atoms with Crippen LogP contribution >= 0.6 is 11.6 Å². The van der Waals surface area contributed by atoms with Crippen molar-refractivity contribution in [2.24, 2.45) is 5.73 Å². The summed E-state index contributed by atoms with van der Waals surface area (Å²) in [7, 11) is 0. The van der Waals surface area contributed by atoms with Crippen LogP contribution in [0.15, 0.2) is 40.8 Å². The number of hydrogen-bond donors (Lipinski definition) is 2. The van der Waals surface area contributed by atoms with E-state index < -0.39 is 0 Å². The molecule has 1 fully saturated rings. The Labute approximate surface area is 150 Å². The van der Waals surface area contributed by atoms with E-state index in [2.05, 4.69) is 5.32 Å². The second-order valence-corrected chi connectivity index (χ2v) is 6.56. The molecule has 0 spiro atoms. The molecule has 2 aromatic rings. The fraction of sp³-hybridized carbons (Fsp3) is 0.333. The Morgan fingerprint density at radius 1 is 1.28 bits per heavy atom. The van der Waals surface area contributed by atoms with Gasteiger partial charge in [0.25, 0.3) is 5.91 Å². The third kappa shape index (κ3) is 4.41. The molecule has 2 heterocycles. The van der Waals surface area contributed by atoms with Crippen molar-refractivity contribution in [1.29, 1.82) is 0 Å². The normalized spacial score (nSPS) is 18.0. The third-order valence-electron chi connectivity index (χ3n) is 4.19. The number of primary amides is 1. The highest BCUT2D eigenvalue weighted by molar-refractivity contribution is 6.33. The number of nitrogens with two attached hydrogens (primary N) is 1. The number of likely N-dealkylation sites (tertiary alicyclic amines) is 1. The molecule has 1 aromatic carbocycles. The molecule has 7 heteroatoms. The molecular weight excluding hydrogens is 342 g/mol. The summed E-state index contributed by atoms with van der Waals surface area (Å²) in [6.45, 7) is 1.63. The van der Waals surface area contributed by atoms with Gasteiger partial charge in [-0.25, -0.2) is 0 Å². The minimum absolute atomic E-state index is 0.0329. The highest BCUT2D eigenvalue weighted by atomic mass is 35.5. The zero-order chi connectivity index (χ0) is 17.8. The van der Waals surface area contributed by atoms with Crippen molar-refractivity contribution in [3.63, 3.8) is 0 Å². The first-order valence-corrected chi connectivity index (χ1v) is 8.57. The minimum atomic E-state index is -0.359. The Kier molecular flexibility index (Phi) is 5.40. The van der Waals surface area contributed by atoms with Crippen LogP contribution in [0.1, 0.15) is 23.4 Å². The summed E-state index contributed by atoms with van der Waals surface area (Å²) in [5.74, 6) is 0.156. The SMILES string of the molecule is NC(=O)CN1CCC[C@H](NC(=O)c2ccc(-c3ccccc3Cl)o2)C1. The van der Waals surface area contributed by atoms with Crippen LogP contribution in [0.2, 0.25) is 5.02 Å². The number of piperidine rings is 1. The van der Waals surface area contributed by atoms with E-state index in [1.54, 1.807) is 18.2 Å². The molecule has 1 aliphatic rings. The molecule has 0 saturated carbocycles. The van der Waals surface area contributed by atoms with Crippen LogP contribution < -0.4 is 11.1 Å². The lowest BCUT2D eigenvalue weighted by atomic mass is 10.1. The standard InChI is InChI=1S/C18H20ClN3O3/c19-14-6-2-1-5-13(14)15-7-8-16(25-15)18(24)21-12-4-3-9-22(10-12)11-17(20)23/h1-2,5-8,12H,3-4,9-11H2,(H2,20,23)(H,21,24)/t12-/m0/s1. The van der Waals surface area contributed by atoms with Gasteiger partial charge in [-0.05, 0) is 43.7 Å². The van der Waals surface area contributed by atoms with Gasteiger partial charge in [0.2, 0.25) is 5.91 Å². The summed E-state index contributed by atoms with van der Waals surface area (Å²) in [6.07, 6.45) is 1.76. The molecule has 1 atom stereocenters. The van der Waals surface area contributed by atoms with E-state index in [1.165, 1.54) is 0 Å².